The summed E-state index contributed by atoms with van der Waals surface area (Å²) < 4.78 is 11.1. The van der Waals surface area contributed by atoms with Gasteiger partial charge in [0.1, 0.15) is 11.5 Å². The molecule has 1 rings (SSSR count). The molecule has 4 heteroatoms. The predicted molar refractivity (Wildman–Crippen MR) is 71.5 cm³/mol. The second-order valence-electron chi connectivity index (χ2n) is 3.51. The maximum absolute atomic E-state index is 10.9. The van der Waals surface area contributed by atoms with E-state index in [-0.39, 0.29) is 0 Å². The van der Waals surface area contributed by atoms with Gasteiger partial charge in [-0.05, 0) is 24.8 Å². The van der Waals surface area contributed by atoms with Crippen LogP contribution < -0.4 is 9.47 Å². The van der Waals surface area contributed by atoms with Crippen molar-refractivity contribution in [3.63, 3.8) is 0 Å². The average molecular weight is 254 g/mol. The highest BCUT2D eigenvalue weighted by Gasteiger charge is 2.05. The Bertz CT molecular complexity index is 353. The van der Waals surface area contributed by atoms with E-state index in [4.69, 9.17) is 9.47 Å². The molecule has 0 fully saturated rings. The Morgan fingerprint density at radius 1 is 1.29 bits per heavy atom. The minimum atomic E-state index is 0.565. The van der Waals surface area contributed by atoms with Gasteiger partial charge in [0.2, 0.25) is 0 Å². The Balaban J connectivity index is 2.71. The Labute approximate surface area is 106 Å². The molecule has 94 valence electrons. The fourth-order valence-corrected chi connectivity index (χ4v) is 1.53. The van der Waals surface area contributed by atoms with Crippen molar-refractivity contribution in [1.82, 2.24) is 0 Å². The molecule has 1 aromatic carbocycles. The summed E-state index contributed by atoms with van der Waals surface area (Å²) in [5.74, 6) is 2.25. The van der Waals surface area contributed by atoms with Crippen molar-refractivity contribution >= 4 is 18.0 Å². The molecular weight excluding hydrogens is 236 g/mol. The van der Waals surface area contributed by atoms with Gasteiger partial charge in [-0.15, -0.1) is 0 Å². The van der Waals surface area contributed by atoms with Crippen molar-refractivity contribution in [3.8, 4) is 11.5 Å². The smallest absolute Gasteiger partial charge is 0.153 e. The number of carbonyl (C=O) groups excluding carboxylic acids is 1. The summed E-state index contributed by atoms with van der Waals surface area (Å²) in [6, 6.07) is 5.30. The van der Waals surface area contributed by atoms with Crippen LogP contribution in [0.4, 0.5) is 0 Å². The molecule has 0 N–H and O–H groups in total. The van der Waals surface area contributed by atoms with Crippen molar-refractivity contribution in [2.24, 2.45) is 0 Å². The lowest BCUT2D eigenvalue weighted by Gasteiger charge is -2.10. The summed E-state index contributed by atoms with van der Waals surface area (Å²) in [5, 5.41) is 0. The monoisotopic (exact) mass is 254 g/mol. The van der Waals surface area contributed by atoms with E-state index in [1.807, 2.05) is 6.26 Å². The van der Waals surface area contributed by atoms with Gasteiger partial charge >= 0.3 is 0 Å². The molecule has 0 saturated carbocycles. The summed E-state index contributed by atoms with van der Waals surface area (Å²) in [7, 11) is 0. The summed E-state index contributed by atoms with van der Waals surface area (Å²) in [4.78, 5) is 10.9. The van der Waals surface area contributed by atoms with Gasteiger partial charge in [-0.25, -0.2) is 0 Å². The fourth-order valence-electron chi connectivity index (χ4n) is 1.28. The van der Waals surface area contributed by atoms with E-state index in [2.05, 4.69) is 6.92 Å². The molecule has 0 unspecified atom stereocenters. The van der Waals surface area contributed by atoms with Crippen molar-refractivity contribution in [2.45, 2.75) is 13.3 Å². The maximum Gasteiger partial charge on any atom is 0.153 e. The quantitative estimate of drug-likeness (QED) is 0.527. The fraction of sp³-hybridized carbons (Fsp3) is 0.462. The maximum atomic E-state index is 10.9. The van der Waals surface area contributed by atoms with Gasteiger partial charge in [0.05, 0.1) is 18.8 Å². The van der Waals surface area contributed by atoms with Crippen LogP contribution in [0, 0.1) is 0 Å². The van der Waals surface area contributed by atoms with Gasteiger partial charge in [0.15, 0.2) is 6.29 Å². The highest BCUT2D eigenvalue weighted by atomic mass is 32.2. The number of ether oxygens (including phenoxy) is 2. The Kier molecular flexibility index (Phi) is 6.55. The number of hydrogen-bond acceptors (Lipinski definition) is 4. The predicted octanol–water partition coefficient (Wildman–Crippen LogP) is 3.03. The molecule has 3 nitrogen and oxygen atoms in total. The van der Waals surface area contributed by atoms with Crippen LogP contribution in [-0.4, -0.2) is 31.5 Å². The Morgan fingerprint density at radius 3 is 2.76 bits per heavy atom. The van der Waals surface area contributed by atoms with E-state index in [9.17, 15) is 4.79 Å². The van der Waals surface area contributed by atoms with Crippen molar-refractivity contribution in [1.29, 1.82) is 0 Å². The van der Waals surface area contributed by atoms with Gasteiger partial charge in [-0.3, -0.25) is 4.79 Å². The first-order valence-electron chi connectivity index (χ1n) is 5.65. The molecule has 1 aromatic rings. The molecule has 0 aliphatic rings. The second kappa shape index (κ2) is 8.01. The van der Waals surface area contributed by atoms with Crippen LogP contribution in [-0.2, 0) is 0 Å². The van der Waals surface area contributed by atoms with Gasteiger partial charge in [-0.2, -0.15) is 11.8 Å². The second-order valence-corrected chi connectivity index (χ2v) is 4.49. The minimum absolute atomic E-state index is 0.565. The topological polar surface area (TPSA) is 35.5 Å². The SMILES string of the molecule is CCCOc1ccc(C=O)c(OCCSC)c1. The first-order chi connectivity index (χ1) is 8.31. The minimum Gasteiger partial charge on any atom is -0.493 e. The van der Waals surface area contributed by atoms with Crippen LogP contribution in [0.3, 0.4) is 0 Å². The van der Waals surface area contributed by atoms with E-state index in [1.165, 1.54) is 0 Å². The Hall–Kier alpha value is -1.16. The molecule has 0 aromatic heterocycles. The zero-order chi connectivity index (χ0) is 12.5. The molecule has 0 heterocycles. The number of carbonyl (C=O) groups is 1. The van der Waals surface area contributed by atoms with Crippen LogP contribution in [0.2, 0.25) is 0 Å². The molecule has 0 radical (unpaired) electrons. The molecule has 17 heavy (non-hydrogen) atoms. The van der Waals surface area contributed by atoms with Crippen molar-refractivity contribution < 1.29 is 14.3 Å². The van der Waals surface area contributed by atoms with Gasteiger partial charge in [0.25, 0.3) is 0 Å². The van der Waals surface area contributed by atoms with Gasteiger partial charge < -0.3 is 9.47 Å². The van der Waals surface area contributed by atoms with Crippen LogP contribution >= 0.6 is 11.8 Å². The van der Waals surface area contributed by atoms with Gasteiger partial charge in [-0.1, -0.05) is 6.92 Å². The van der Waals surface area contributed by atoms with Crippen LogP contribution in [0.5, 0.6) is 11.5 Å². The summed E-state index contributed by atoms with van der Waals surface area (Å²) in [6.45, 7) is 3.32. The highest BCUT2D eigenvalue weighted by molar-refractivity contribution is 7.98. The molecule has 0 spiro atoms. The van der Waals surface area contributed by atoms with Crippen LogP contribution in [0.25, 0.3) is 0 Å². The van der Waals surface area contributed by atoms with Crippen LogP contribution in [0.15, 0.2) is 18.2 Å². The molecule has 0 bridgehead atoms. The highest BCUT2D eigenvalue weighted by Crippen LogP contribution is 2.24. The van der Waals surface area contributed by atoms with E-state index in [0.717, 1.165) is 24.2 Å². The molecular formula is C13H18O3S. The normalized spacial score (nSPS) is 10.0. The van der Waals surface area contributed by atoms with Crippen LogP contribution in [0.1, 0.15) is 23.7 Å². The summed E-state index contributed by atoms with van der Waals surface area (Å²) >= 11 is 1.71. The first kappa shape index (κ1) is 13.9. The first-order valence-corrected chi connectivity index (χ1v) is 7.05. The standard InChI is InChI=1S/C13H18O3S/c1-3-6-15-12-5-4-11(10-14)13(9-12)16-7-8-17-2/h4-5,9-10H,3,6-8H2,1-2H3. The van der Waals surface area contributed by atoms with Gasteiger partial charge in [0, 0.05) is 11.8 Å². The van der Waals surface area contributed by atoms with E-state index >= 15 is 0 Å². The lowest BCUT2D eigenvalue weighted by Crippen LogP contribution is -2.03. The van der Waals surface area contributed by atoms with Crippen molar-refractivity contribution in [2.75, 3.05) is 25.2 Å². The molecule has 0 aliphatic carbocycles. The molecule has 0 saturated heterocycles. The summed E-state index contributed by atoms with van der Waals surface area (Å²) in [6.07, 6.45) is 3.78. The van der Waals surface area contributed by atoms with E-state index in [0.29, 0.717) is 24.5 Å². The third-order valence-corrected chi connectivity index (χ3v) is 2.70. The number of hydrogen-bond donors (Lipinski definition) is 0. The third kappa shape index (κ3) is 4.69. The number of aldehydes is 1. The lowest BCUT2D eigenvalue weighted by molar-refractivity contribution is 0.112. The van der Waals surface area contributed by atoms with E-state index in [1.54, 1.807) is 30.0 Å². The number of benzene rings is 1. The summed E-state index contributed by atoms with van der Waals surface area (Å²) in [5.41, 5.74) is 0.565. The third-order valence-electron chi connectivity index (χ3n) is 2.13. The number of rotatable bonds is 8. The largest absolute Gasteiger partial charge is 0.493 e. The van der Waals surface area contributed by atoms with E-state index < -0.39 is 0 Å². The molecule has 0 atom stereocenters. The zero-order valence-electron chi connectivity index (χ0n) is 10.3. The molecule has 0 amide bonds. The average Bonchev–Trinajstić information content (AvgIpc) is 2.37. The zero-order valence-corrected chi connectivity index (χ0v) is 11.1. The lowest BCUT2D eigenvalue weighted by atomic mass is 10.2. The Morgan fingerprint density at radius 2 is 2.12 bits per heavy atom. The number of thioether (sulfide) groups is 1. The van der Waals surface area contributed by atoms with Crippen molar-refractivity contribution in [3.05, 3.63) is 23.8 Å². The molecule has 0 aliphatic heterocycles.